The van der Waals surface area contributed by atoms with Gasteiger partial charge in [-0.3, -0.25) is 4.79 Å². The van der Waals surface area contributed by atoms with Crippen molar-refractivity contribution in [3.05, 3.63) is 52.9 Å². The third kappa shape index (κ3) is 4.47. The van der Waals surface area contributed by atoms with Gasteiger partial charge in [-0.1, -0.05) is 0 Å². The van der Waals surface area contributed by atoms with Crippen molar-refractivity contribution in [3.63, 3.8) is 0 Å². The molecule has 0 saturated carbocycles. The summed E-state index contributed by atoms with van der Waals surface area (Å²) in [6, 6.07) is 1.87. The van der Waals surface area contributed by atoms with E-state index < -0.39 is 30.1 Å². The second-order valence-corrected chi connectivity index (χ2v) is 5.84. The standard InChI is InChI=1S/C17H14F4N6O2/c1-7-11(17-23-2-3-29-17)27-15(22)12(25-7)16(28)24-6-8-4-9(13(18)19)26-10(5-8)14(20)21/h2-5,13-14H,6H2,1H3,(H2,22,27)(H,24,28). The predicted octanol–water partition coefficient (Wildman–Crippen LogP) is 3.22. The molecule has 0 aliphatic heterocycles. The summed E-state index contributed by atoms with van der Waals surface area (Å²) >= 11 is 0. The highest BCUT2D eigenvalue weighted by Crippen LogP contribution is 2.24. The number of anilines is 1. The average Bonchev–Trinajstić information content (AvgIpc) is 3.21. The number of nitrogens with two attached hydrogens (primary N) is 1. The summed E-state index contributed by atoms with van der Waals surface area (Å²) in [5, 5.41) is 2.39. The van der Waals surface area contributed by atoms with E-state index in [0.717, 1.165) is 12.1 Å². The number of aryl methyl sites for hydroxylation is 1. The lowest BCUT2D eigenvalue weighted by Crippen LogP contribution is -2.26. The van der Waals surface area contributed by atoms with Gasteiger partial charge in [0.1, 0.15) is 23.3 Å². The zero-order valence-corrected chi connectivity index (χ0v) is 14.9. The number of hydrogen-bond donors (Lipinski definition) is 2. The lowest BCUT2D eigenvalue weighted by atomic mass is 10.2. The number of rotatable bonds is 6. The molecule has 3 N–H and O–H groups in total. The molecule has 8 nitrogen and oxygen atoms in total. The zero-order chi connectivity index (χ0) is 21.1. The van der Waals surface area contributed by atoms with E-state index in [0.29, 0.717) is 5.69 Å². The van der Waals surface area contributed by atoms with Crippen molar-refractivity contribution in [1.29, 1.82) is 0 Å². The van der Waals surface area contributed by atoms with Gasteiger partial charge in [0.2, 0.25) is 5.89 Å². The number of amides is 1. The maximum atomic E-state index is 12.9. The molecule has 3 heterocycles. The molecular weight excluding hydrogens is 396 g/mol. The minimum absolute atomic E-state index is 0.0265. The number of carbonyl (C=O) groups is 1. The number of nitrogens with zero attached hydrogens (tertiary/aromatic N) is 4. The molecule has 0 aliphatic rings. The van der Waals surface area contributed by atoms with Gasteiger partial charge in [-0.05, 0) is 24.6 Å². The summed E-state index contributed by atoms with van der Waals surface area (Å²) in [5.74, 6) is -0.798. The Labute approximate surface area is 161 Å². The maximum absolute atomic E-state index is 12.9. The van der Waals surface area contributed by atoms with Crippen LogP contribution in [0.3, 0.4) is 0 Å². The van der Waals surface area contributed by atoms with Gasteiger partial charge in [0.05, 0.1) is 11.9 Å². The van der Waals surface area contributed by atoms with E-state index in [2.05, 4.69) is 25.3 Å². The first-order valence-electron chi connectivity index (χ1n) is 8.15. The van der Waals surface area contributed by atoms with Crippen molar-refractivity contribution in [1.82, 2.24) is 25.3 Å². The van der Waals surface area contributed by atoms with Gasteiger partial charge < -0.3 is 15.5 Å². The molecule has 152 valence electrons. The molecule has 0 radical (unpaired) electrons. The summed E-state index contributed by atoms with van der Waals surface area (Å²) < 4.78 is 56.6. The predicted molar refractivity (Wildman–Crippen MR) is 92.0 cm³/mol. The highest BCUT2D eigenvalue weighted by atomic mass is 19.3. The number of pyridine rings is 1. The number of carbonyl (C=O) groups excluding carboxylic acids is 1. The molecule has 0 aliphatic carbocycles. The Morgan fingerprint density at radius 3 is 2.34 bits per heavy atom. The fourth-order valence-electron chi connectivity index (χ4n) is 2.47. The van der Waals surface area contributed by atoms with Crippen molar-refractivity contribution >= 4 is 11.7 Å². The van der Waals surface area contributed by atoms with Crippen LogP contribution < -0.4 is 11.1 Å². The van der Waals surface area contributed by atoms with E-state index in [-0.39, 0.29) is 35.2 Å². The van der Waals surface area contributed by atoms with E-state index in [1.165, 1.54) is 12.5 Å². The maximum Gasteiger partial charge on any atom is 0.280 e. The van der Waals surface area contributed by atoms with Crippen LogP contribution >= 0.6 is 0 Å². The third-order valence-electron chi connectivity index (χ3n) is 3.77. The molecule has 3 rings (SSSR count). The molecule has 3 aromatic rings. The Balaban J connectivity index is 1.80. The smallest absolute Gasteiger partial charge is 0.280 e. The Bertz CT molecular complexity index is 1000. The van der Waals surface area contributed by atoms with E-state index in [9.17, 15) is 22.4 Å². The Morgan fingerprint density at radius 2 is 1.79 bits per heavy atom. The first-order valence-corrected chi connectivity index (χ1v) is 8.15. The molecule has 3 aromatic heterocycles. The highest BCUT2D eigenvalue weighted by molar-refractivity contribution is 5.96. The topological polar surface area (TPSA) is 120 Å². The molecule has 0 bridgehead atoms. The highest BCUT2D eigenvalue weighted by Gasteiger charge is 2.20. The van der Waals surface area contributed by atoms with Gasteiger partial charge in [-0.2, -0.15) is 0 Å². The van der Waals surface area contributed by atoms with Crippen LogP contribution in [0.2, 0.25) is 0 Å². The van der Waals surface area contributed by atoms with Gasteiger partial charge in [0, 0.05) is 6.54 Å². The lowest BCUT2D eigenvalue weighted by Gasteiger charge is -2.11. The molecule has 0 spiro atoms. The van der Waals surface area contributed by atoms with Crippen molar-refractivity contribution < 1.29 is 26.8 Å². The number of oxazole rings is 1. The average molecular weight is 410 g/mol. The molecule has 0 unspecified atom stereocenters. The quantitative estimate of drug-likeness (QED) is 0.599. The molecule has 1 amide bonds. The van der Waals surface area contributed by atoms with E-state index >= 15 is 0 Å². The molecule has 29 heavy (non-hydrogen) atoms. The fraction of sp³-hybridized carbons (Fsp3) is 0.235. The first kappa shape index (κ1) is 20.2. The third-order valence-corrected chi connectivity index (χ3v) is 3.77. The Kier molecular flexibility index (Phi) is 5.71. The molecule has 0 atom stereocenters. The fourth-order valence-corrected chi connectivity index (χ4v) is 2.47. The van der Waals surface area contributed by atoms with Crippen LogP contribution in [0.1, 0.15) is 46.0 Å². The summed E-state index contributed by atoms with van der Waals surface area (Å²) in [6.07, 6.45) is -3.32. The second kappa shape index (κ2) is 8.20. The van der Waals surface area contributed by atoms with Crippen molar-refractivity contribution in [2.45, 2.75) is 26.3 Å². The van der Waals surface area contributed by atoms with E-state index in [1.807, 2.05) is 0 Å². The summed E-state index contributed by atoms with van der Waals surface area (Å²) in [6.45, 7) is 1.25. The van der Waals surface area contributed by atoms with Crippen molar-refractivity contribution in [3.8, 4) is 11.6 Å². The summed E-state index contributed by atoms with van der Waals surface area (Å²) in [5.41, 5.74) is 4.55. The van der Waals surface area contributed by atoms with Crippen LogP contribution in [-0.4, -0.2) is 25.8 Å². The van der Waals surface area contributed by atoms with Gasteiger partial charge in [0.15, 0.2) is 11.5 Å². The summed E-state index contributed by atoms with van der Waals surface area (Å²) in [7, 11) is 0. The number of aromatic nitrogens is 4. The van der Waals surface area contributed by atoms with Crippen molar-refractivity contribution in [2.24, 2.45) is 0 Å². The summed E-state index contributed by atoms with van der Waals surface area (Å²) in [4.78, 5) is 27.7. The molecule has 12 heteroatoms. The second-order valence-electron chi connectivity index (χ2n) is 5.84. The molecule has 0 fully saturated rings. The number of nitrogens with one attached hydrogen (secondary N) is 1. The van der Waals surface area contributed by atoms with E-state index in [4.69, 9.17) is 10.2 Å². The van der Waals surface area contributed by atoms with Gasteiger partial charge in [-0.15, -0.1) is 0 Å². The lowest BCUT2D eigenvalue weighted by molar-refractivity contribution is 0.0946. The van der Waals surface area contributed by atoms with Crippen LogP contribution in [0.4, 0.5) is 23.4 Å². The van der Waals surface area contributed by atoms with Crippen LogP contribution in [0, 0.1) is 6.92 Å². The van der Waals surface area contributed by atoms with Gasteiger partial charge >= 0.3 is 0 Å². The Hall–Kier alpha value is -3.57. The number of alkyl halides is 4. The van der Waals surface area contributed by atoms with Crippen LogP contribution in [-0.2, 0) is 6.54 Å². The molecule has 0 saturated heterocycles. The van der Waals surface area contributed by atoms with Crippen molar-refractivity contribution in [2.75, 3.05) is 5.73 Å². The minimum atomic E-state index is -3.03. The number of halogens is 4. The molecular formula is C17H14F4N6O2. The largest absolute Gasteiger partial charge is 0.443 e. The Morgan fingerprint density at radius 1 is 1.14 bits per heavy atom. The SMILES string of the molecule is Cc1nc(C(=O)NCc2cc(C(F)F)nc(C(F)F)c2)c(N)nc1-c1ncco1. The van der Waals surface area contributed by atoms with Gasteiger partial charge in [-0.25, -0.2) is 37.5 Å². The first-order chi connectivity index (χ1) is 13.8. The monoisotopic (exact) mass is 410 g/mol. The van der Waals surface area contributed by atoms with E-state index in [1.54, 1.807) is 6.92 Å². The van der Waals surface area contributed by atoms with Gasteiger partial charge in [0.25, 0.3) is 18.8 Å². The number of hydrogen-bond acceptors (Lipinski definition) is 7. The van der Waals surface area contributed by atoms with Crippen LogP contribution in [0.25, 0.3) is 11.6 Å². The molecule has 0 aromatic carbocycles. The van der Waals surface area contributed by atoms with Crippen LogP contribution in [0.15, 0.2) is 29.0 Å². The zero-order valence-electron chi connectivity index (χ0n) is 14.9. The number of nitrogen functional groups attached to an aromatic ring is 1. The van der Waals surface area contributed by atoms with Crippen LogP contribution in [0.5, 0.6) is 0 Å². The minimum Gasteiger partial charge on any atom is -0.443 e. The normalized spacial score (nSPS) is 11.3.